The second-order valence-corrected chi connectivity index (χ2v) is 8.50. The molecule has 3 rings (SSSR count). The Morgan fingerprint density at radius 3 is 3.00 bits per heavy atom. The molecule has 7 heteroatoms. The maximum absolute atomic E-state index is 12.3. The fraction of sp³-hybridized carbons (Fsp3) is 0.444. The van der Waals surface area contributed by atoms with Crippen LogP contribution >= 0.6 is 23.1 Å². The molecule has 0 aromatic carbocycles. The third-order valence-corrected chi connectivity index (χ3v) is 6.25. The van der Waals surface area contributed by atoms with E-state index in [0.29, 0.717) is 22.3 Å². The standard InChI is InChI=1S/C18H20N4OS2/c1-10-4-5-13-14(8-19)18(25-15(13)6-10)22-16(23)9-24-17-7-11(2)20-12(3)21-17/h7,10H,4-6,9H2,1-3H3,(H,22,23)/t10-/m0/s1. The summed E-state index contributed by atoms with van der Waals surface area (Å²) in [5.74, 6) is 1.50. The summed E-state index contributed by atoms with van der Waals surface area (Å²) in [7, 11) is 0. The smallest absolute Gasteiger partial charge is 0.235 e. The average molecular weight is 373 g/mol. The van der Waals surface area contributed by atoms with Gasteiger partial charge in [0, 0.05) is 10.6 Å². The van der Waals surface area contributed by atoms with E-state index in [1.54, 1.807) is 11.3 Å². The van der Waals surface area contributed by atoms with E-state index in [-0.39, 0.29) is 11.7 Å². The van der Waals surface area contributed by atoms with Gasteiger partial charge in [0.2, 0.25) is 5.91 Å². The Morgan fingerprint density at radius 2 is 2.28 bits per heavy atom. The largest absolute Gasteiger partial charge is 0.316 e. The lowest BCUT2D eigenvalue weighted by atomic mass is 9.89. The number of nitrogens with one attached hydrogen (secondary N) is 1. The molecule has 0 radical (unpaired) electrons. The predicted molar refractivity (Wildman–Crippen MR) is 101 cm³/mol. The minimum atomic E-state index is -0.109. The zero-order valence-electron chi connectivity index (χ0n) is 14.5. The van der Waals surface area contributed by atoms with Gasteiger partial charge in [0.1, 0.15) is 21.9 Å². The number of hydrogen-bond acceptors (Lipinski definition) is 6. The van der Waals surface area contributed by atoms with E-state index in [1.165, 1.54) is 16.6 Å². The van der Waals surface area contributed by atoms with Gasteiger partial charge >= 0.3 is 0 Å². The van der Waals surface area contributed by atoms with Crippen molar-refractivity contribution in [3.63, 3.8) is 0 Å². The van der Waals surface area contributed by atoms with Crippen LogP contribution in [0.1, 0.15) is 40.9 Å². The van der Waals surface area contributed by atoms with Crippen LogP contribution in [0.5, 0.6) is 0 Å². The Labute approximate surface area is 155 Å². The van der Waals surface area contributed by atoms with Crippen molar-refractivity contribution >= 4 is 34.0 Å². The van der Waals surface area contributed by atoms with E-state index >= 15 is 0 Å². The third-order valence-electron chi connectivity index (χ3n) is 4.17. The van der Waals surface area contributed by atoms with Crippen LogP contribution in [0.4, 0.5) is 5.00 Å². The van der Waals surface area contributed by atoms with Gasteiger partial charge in [-0.3, -0.25) is 4.79 Å². The Balaban J connectivity index is 1.68. The van der Waals surface area contributed by atoms with Crippen LogP contribution in [0.15, 0.2) is 11.1 Å². The average Bonchev–Trinajstić information content (AvgIpc) is 2.88. The van der Waals surface area contributed by atoms with Gasteiger partial charge in [-0.1, -0.05) is 18.7 Å². The number of nitrogens with zero attached hydrogens (tertiary/aromatic N) is 3. The van der Waals surface area contributed by atoms with Crippen LogP contribution in [0.2, 0.25) is 0 Å². The number of nitriles is 1. The van der Waals surface area contributed by atoms with Gasteiger partial charge in [-0.05, 0) is 50.7 Å². The zero-order valence-corrected chi connectivity index (χ0v) is 16.2. The van der Waals surface area contributed by atoms with Crippen LogP contribution in [0.3, 0.4) is 0 Å². The molecule has 0 aliphatic heterocycles. The molecule has 0 saturated heterocycles. The van der Waals surface area contributed by atoms with E-state index < -0.39 is 0 Å². The second kappa shape index (κ2) is 7.54. The van der Waals surface area contributed by atoms with Crippen LogP contribution in [0.25, 0.3) is 0 Å². The Morgan fingerprint density at radius 1 is 1.48 bits per heavy atom. The van der Waals surface area contributed by atoms with E-state index in [1.807, 2.05) is 19.9 Å². The van der Waals surface area contributed by atoms with Crippen molar-refractivity contribution in [3.8, 4) is 6.07 Å². The van der Waals surface area contributed by atoms with Crippen LogP contribution in [0, 0.1) is 31.1 Å². The van der Waals surface area contributed by atoms with E-state index in [0.717, 1.165) is 35.5 Å². The van der Waals surface area contributed by atoms with Crippen molar-refractivity contribution in [3.05, 3.63) is 33.6 Å². The number of fused-ring (bicyclic) bond motifs is 1. The molecule has 1 aliphatic rings. The summed E-state index contributed by atoms with van der Waals surface area (Å²) >= 11 is 2.94. The highest BCUT2D eigenvalue weighted by atomic mass is 32.2. The summed E-state index contributed by atoms with van der Waals surface area (Å²) in [5, 5.41) is 13.9. The van der Waals surface area contributed by atoms with Gasteiger partial charge < -0.3 is 5.32 Å². The Bertz CT molecular complexity index is 833. The van der Waals surface area contributed by atoms with Crippen LogP contribution in [-0.4, -0.2) is 21.6 Å². The number of aryl methyl sites for hydroxylation is 2. The first-order valence-corrected chi connectivity index (χ1v) is 10.1. The number of thioether (sulfide) groups is 1. The summed E-state index contributed by atoms with van der Waals surface area (Å²) in [6.45, 7) is 5.98. The topological polar surface area (TPSA) is 78.7 Å². The maximum atomic E-state index is 12.3. The number of hydrogen-bond donors (Lipinski definition) is 1. The van der Waals surface area contributed by atoms with Gasteiger partial charge in [-0.15, -0.1) is 11.3 Å². The number of rotatable bonds is 4. The van der Waals surface area contributed by atoms with Gasteiger partial charge in [0.15, 0.2) is 0 Å². The maximum Gasteiger partial charge on any atom is 0.235 e. The summed E-state index contributed by atoms with van der Waals surface area (Å²) < 4.78 is 0. The fourth-order valence-corrected chi connectivity index (χ4v) is 5.20. The number of anilines is 1. The first-order chi connectivity index (χ1) is 12.0. The lowest BCUT2D eigenvalue weighted by Gasteiger charge is -2.17. The number of aromatic nitrogens is 2. The molecule has 130 valence electrons. The number of carbonyl (C=O) groups excluding carboxylic acids is 1. The molecule has 1 N–H and O–H groups in total. The zero-order chi connectivity index (χ0) is 18.0. The summed E-state index contributed by atoms with van der Waals surface area (Å²) in [4.78, 5) is 22.1. The van der Waals surface area contributed by atoms with E-state index in [9.17, 15) is 10.1 Å². The molecule has 2 aromatic rings. The van der Waals surface area contributed by atoms with Crippen LogP contribution < -0.4 is 5.32 Å². The van der Waals surface area contributed by atoms with Crippen molar-refractivity contribution in [2.24, 2.45) is 5.92 Å². The van der Waals surface area contributed by atoms with Crippen molar-refractivity contribution in [2.45, 2.75) is 45.1 Å². The van der Waals surface area contributed by atoms with Crippen molar-refractivity contribution < 1.29 is 4.79 Å². The summed E-state index contributed by atoms with van der Waals surface area (Å²) in [6.07, 6.45) is 3.03. The molecule has 2 heterocycles. The number of carbonyl (C=O) groups is 1. The monoisotopic (exact) mass is 372 g/mol. The normalized spacial score (nSPS) is 16.2. The van der Waals surface area contributed by atoms with Gasteiger partial charge in [0.25, 0.3) is 0 Å². The molecule has 1 atom stereocenters. The molecule has 0 unspecified atom stereocenters. The predicted octanol–water partition coefficient (Wildman–Crippen LogP) is 3.88. The van der Waals surface area contributed by atoms with E-state index in [4.69, 9.17) is 0 Å². The number of thiophene rings is 1. The molecule has 0 fully saturated rings. The fourth-order valence-electron chi connectivity index (χ4n) is 3.02. The molecule has 0 spiro atoms. The van der Waals surface area contributed by atoms with Gasteiger partial charge in [-0.2, -0.15) is 5.26 Å². The van der Waals surface area contributed by atoms with E-state index in [2.05, 4.69) is 28.3 Å². The van der Waals surface area contributed by atoms with Crippen molar-refractivity contribution in [1.82, 2.24) is 9.97 Å². The lowest BCUT2D eigenvalue weighted by molar-refractivity contribution is -0.113. The highest BCUT2D eigenvalue weighted by molar-refractivity contribution is 7.99. The van der Waals surface area contributed by atoms with Gasteiger partial charge in [-0.25, -0.2) is 9.97 Å². The van der Waals surface area contributed by atoms with Gasteiger partial charge in [0.05, 0.1) is 11.3 Å². The molecule has 1 aliphatic carbocycles. The highest BCUT2D eigenvalue weighted by Crippen LogP contribution is 2.39. The number of amides is 1. The Kier molecular flexibility index (Phi) is 5.40. The minimum Gasteiger partial charge on any atom is -0.316 e. The molecule has 5 nitrogen and oxygen atoms in total. The molecule has 1 amide bonds. The first-order valence-electron chi connectivity index (χ1n) is 8.26. The SMILES string of the molecule is Cc1cc(SCC(=O)Nc2sc3c(c2C#N)CC[C@H](C)C3)nc(C)n1. The molecule has 0 saturated carbocycles. The summed E-state index contributed by atoms with van der Waals surface area (Å²) in [5.41, 5.74) is 2.68. The highest BCUT2D eigenvalue weighted by Gasteiger charge is 2.24. The third kappa shape index (κ3) is 4.20. The molecule has 0 bridgehead atoms. The lowest BCUT2D eigenvalue weighted by Crippen LogP contribution is -2.14. The molecule has 25 heavy (non-hydrogen) atoms. The minimum absolute atomic E-state index is 0.109. The Hall–Kier alpha value is -1.91. The summed E-state index contributed by atoms with van der Waals surface area (Å²) in [6, 6.07) is 4.15. The quantitative estimate of drug-likeness (QED) is 0.651. The van der Waals surface area contributed by atoms with Crippen molar-refractivity contribution in [2.75, 3.05) is 11.1 Å². The molecular formula is C18H20N4OS2. The molecule has 2 aromatic heterocycles. The van der Waals surface area contributed by atoms with Crippen LogP contribution in [-0.2, 0) is 17.6 Å². The molecular weight excluding hydrogens is 352 g/mol. The van der Waals surface area contributed by atoms with Crippen molar-refractivity contribution in [1.29, 1.82) is 5.26 Å². The first kappa shape index (κ1) is 17.9. The second-order valence-electron chi connectivity index (χ2n) is 6.40.